The van der Waals surface area contributed by atoms with E-state index in [4.69, 9.17) is 4.74 Å². The molecule has 1 fully saturated rings. The van der Waals surface area contributed by atoms with E-state index >= 15 is 0 Å². The van der Waals surface area contributed by atoms with E-state index < -0.39 is 28.1 Å². The van der Waals surface area contributed by atoms with Crippen LogP contribution in [-0.2, 0) is 26.2 Å². The van der Waals surface area contributed by atoms with Crippen LogP contribution in [0, 0.1) is 0 Å². The Balaban J connectivity index is 1.46. The Morgan fingerprint density at radius 3 is 2.34 bits per heavy atom. The molecule has 0 spiro atoms. The van der Waals surface area contributed by atoms with Gasteiger partial charge in [-0.15, -0.1) is 0 Å². The highest BCUT2D eigenvalue weighted by Gasteiger charge is 2.28. The first-order chi connectivity index (χ1) is 16.9. The maximum absolute atomic E-state index is 13.3. The van der Waals surface area contributed by atoms with Gasteiger partial charge in [0, 0.05) is 29.5 Å². The Morgan fingerprint density at radius 1 is 0.914 bits per heavy atom. The smallest absolute Gasteiger partial charge is 0.408 e. The van der Waals surface area contributed by atoms with Crippen LogP contribution in [0.2, 0.25) is 0 Å². The van der Waals surface area contributed by atoms with Gasteiger partial charge in [-0.05, 0) is 37.5 Å². The summed E-state index contributed by atoms with van der Waals surface area (Å²) in [6.07, 6.45) is 2.03. The van der Waals surface area contributed by atoms with Crippen molar-refractivity contribution in [2.45, 2.75) is 43.7 Å². The quantitative estimate of drug-likeness (QED) is 0.509. The van der Waals surface area contributed by atoms with Crippen molar-refractivity contribution in [2.24, 2.45) is 0 Å². The van der Waals surface area contributed by atoms with Gasteiger partial charge in [0.15, 0.2) is 0 Å². The number of nitrogens with zero attached hydrogens (tertiary/aromatic N) is 1. The van der Waals surface area contributed by atoms with E-state index in [-0.39, 0.29) is 11.5 Å². The van der Waals surface area contributed by atoms with Crippen molar-refractivity contribution in [1.82, 2.24) is 9.62 Å². The van der Waals surface area contributed by atoms with Crippen molar-refractivity contribution >= 4 is 38.5 Å². The molecule has 2 N–H and O–H groups in total. The Hall–Kier alpha value is -3.43. The summed E-state index contributed by atoms with van der Waals surface area (Å²) in [4.78, 5) is 25.1. The van der Waals surface area contributed by atoms with Crippen molar-refractivity contribution in [3.63, 3.8) is 0 Å². The van der Waals surface area contributed by atoms with Gasteiger partial charge in [-0.1, -0.05) is 61.0 Å². The third kappa shape index (κ3) is 5.80. The summed E-state index contributed by atoms with van der Waals surface area (Å²) >= 11 is 0. The monoisotopic (exact) mass is 495 g/mol. The van der Waals surface area contributed by atoms with Crippen LogP contribution in [0.15, 0.2) is 71.6 Å². The largest absolute Gasteiger partial charge is 0.445 e. The third-order valence-electron chi connectivity index (χ3n) is 6.01. The Bertz CT molecular complexity index is 1310. The summed E-state index contributed by atoms with van der Waals surface area (Å²) < 4.78 is 33.3. The fourth-order valence-electron chi connectivity index (χ4n) is 4.11. The molecule has 0 aromatic heterocycles. The molecule has 0 unspecified atom stereocenters. The summed E-state index contributed by atoms with van der Waals surface area (Å²) in [5.74, 6) is -0.446. The van der Waals surface area contributed by atoms with Crippen LogP contribution in [0.5, 0.6) is 0 Å². The van der Waals surface area contributed by atoms with Crippen LogP contribution in [0.3, 0.4) is 0 Å². The molecule has 0 saturated carbocycles. The third-order valence-corrected chi connectivity index (χ3v) is 7.97. The predicted molar refractivity (Wildman–Crippen MR) is 134 cm³/mol. The van der Waals surface area contributed by atoms with Crippen molar-refractivity contribution in [1.29, 1.82) is 0 Å². The van der Waals surface area contributed by atoms with E-state index in [9.17, 15) is 18.0 Å². The van der Waals surface area contributed by atoms with Crippen molar-refractivity contribution in [3.8, 4) is 0 Å². The molecule has 0 bridgehead atoms. The molecule has 2 amide bonds. The van der Waals surface area contributed by atoms with E-state index in [1.807, 2.05) is 30.3 Å². The number of ether oxygens (including phenoxy) is 1. The topological polar surface area (TPSA) is 105 Å². The second-order valence-corrected chi connectivity index (χ2v) is 10.4. The second-order valence-electron chi connectivity index (χ2n) is 8.54. The zero-order valence-corrected chi connectivity index (χ0v) is 20.4. The van der Waals surface area contributed by atoms with Gasteiger partial charge in [0.25, 0.3) is 0 Å². The normalized spacial score (nSPS) is 15.3. The Morgan fingerprint density at radius 2 is 1.60 bits per heavy atom. The number of amides is 2. The molecular formula is C26H29N3O5S. The van der Waals surface area contributed by atoms with Crippen molar-refractivity contribution in [3.05, 3.63) is 72.3 Å². The molecule has 3 aromatic rings. The molecule has 1 aliphatic heterocycles. The van der Waals surface area contributed by atoms with E-state index in [1.54, 1.807) is 43.3 Å². The number of carbonyl (C=O) groups excluding carboxylic acids is 2. The minimum Gasteiger partial charge on any atom is -0.445 e. The summed E-state index contributed by atoms with van der Waals surface area (Å²) in [5.41, 5.74) is 1.31. The first-order valence-corrected chi connectivity index (χ1v) is 13.1. The molecule has 9 heteroatoms. The van der Waals surface area contributed by atoms with Crippen molar-refractivity contribution < 1.29 is 22.7 Å². The number of sulfonamides is 1. The van der Waals surface area contributed by atoms with E-state index in [2.05, 4.69) is 10.6 Å². The van der Waals surface area contributed by atoms with E-state index in [0.29, 0.717) is 29.5 Å². The molecular weight excluding hydrogens is 466 g/mol. The van der Waals surface area contributed by atoms with Gasteiger partial charge in [-0.2, -0.15) is 4.31 Å². The van der Waals surface area contributed by atoms with Crippen LogP contribution in [0.4, 0.5) is 10.5 Å². The second kappa shape index (κ2) is 10.9. The standard InChI is InChI=1S/C26H29N3O5S/c1-19(27-26(31)34-18-20-10-4-2-5-11-20)25(30)28-23-14-8-13-22-21(23)12-9-15-24(22)35(32,33)29-16-6-3-7-17-29/h2,4-5,8-15,19H,3,6-7,16-18H2,1H3,(H,27,31)(H,28,30)/t19-/m0/s1. The molecule has 3 aromatic carbocycles. The number of nitrogens with one attached hydrogen (secondary N) is 2. The van der Waals surface area contributed by atoms with Gasteiger partial charge in [0.05, 0.1) is 4.90 Å². The van der Waals surface area contributed by atoms with Crippen LogP contribution >= 0.6 is 0 Å². The van der Waals surface area contributed by atoms with Gasteiger partial charge >= 0.3 is 6.09 Å². The van der Waals surface area contributed by atoms with Crippen molar-refractivity contribution in [2.75, 3.05) is 18.4 Å². The lowest BCUT2D eigenvalue weighted by Gasteiger charge is -2.26. The summed E-state index contributed by atoms with van der Waals surface area (Å²) in [7, 11) is -3.65. The number of benzene rings is 3. The van der Waals surface area contributed by atoms with Gasteiger partial charge in [0.1, 0.15) is 12.6 Å². The average molecular weight is 496 g/mol. The van der Waals surface area contributed by atoms with E-state index in [1.165, 1.54) is 4.31 Å². The fourth-order valence-corrected chi connectivity index (χ4v) is 5.83. The number of rotatable bonds is 7. The molecule has 8 nitrogen and oxygen atoms in total. The van der Waals surface area contributed by atoms with Gasteiger partial charge in [-0.25, -0.2) is 13.2 Å². The number of carbonyl (C=O) groups is 2. The lowest BCUT2D eigenvalue weighted by Crippen LogP contribution is -2.41. The predicted octanol–water partition coefficient (Wildman–Crippen LogP) is 4.27. The van der Waals surface area contributed by atoms with Gasteiger partial charge in [-0.3, -0.25) is 4.79 Å². The summed E-state index contributed by atoms with van der Waals surface area (Å²) in [6, 6.07) is 18.6. The Kier molecular flexibility index (Phi) is 7.67. The fraction of sp³-hybridized carbons (Fsp3) is 0.308. The maximum atomic E-state index is 13.3. The minimum atomic E-state index is -3.65. The van der Waals surface area contributed by atoms with Gasteiger partial charge < -0.3 is 15.4 Å². The maximum Gasteiger partial charge on any atom is 0.408 e. The van der Waals surface area contributed by atoms with Gasteiger partial charge in [0.2, 0.25) is 15.9 Å². The summed E-state index contributed by atoms with van der Waals surface area (Å²) in [5, 5.41) is 6.48. The minimum absolute atomic E-state index is 0.0958. The highest BCUT2D eigenvalue weighted by molar-refractivity contribution is 7.89. The molecule has 0 radical (unpaired) electrons. The zero-order chi connectivity index (χ0) is 24.8. The molecule has 0 aliphatic carbocycles. The molecule has 1 heterocycles. The SMILES string of the molecule is C[C@H](NC(=O)OCc1ccccc1)C(=O)Nc1cccc2c(S(=O)(=O)N3CCCCC3)cccc12. The Labute approximate surface area is 205 Å². The van der Waals surface area contributed by atoms with E-state index in [0.717, 1.165) is 24.8 Å². The number of piperidine rings is 1. The lowest BCUT2D eigenvalue weighted by atomic mass is 10.1. The highest BCUT2D eigenvalue weighted by atomic mass is 32.2. The number of anilines is 1. The summed E-state index contributed by atoms with van der Waals surface area (Å²) in [6.45, 7) is 2.67. The number of hydrogen-bond acceptors (Lipinski definition) is 5. The number of hydrogen-bond donors (Lipinski definition) is 2. The first-order valence-electron chi connectivity index (χ1n) is 11.7. The van der Waals surface area contributed by atoms with Crippen LogP contribution < -0.4 is 10.6 Å². The molecule has 35 heavy (non-hydrogen) atoms. The van der Waals surface area contributed by atoms with Crippen LogP contribution in [-0.4, -0.2) is 43.9 Å². The molecule has 4 rings (SSSR count). The molecule has 1 saturated heterocycles. The number of alkyl carbamates (subject to hydrolysis) is 1. The van der Waals surface area contributed by atoms with Crippen LogP contribution in [0.25, 0.3) is 10.8 Å². The molecule has 184 valence electrons. The molecule has 1 atom stereocenters. The number of fused-ring (bicyclic) bond motifs is 1. The highest BCUT2D eigenvalue weighted by Crippen LogP contribution is 2.31. The lowest BCUT2D eigenvalue weighted by molar-refractivity contribution is -0.117. The molecule has 1 aliphatic rings. The first kappa shape index (κ1) is 24.7. The van der Waals surface area contributed by atoms with Crippen LogP contribution in [0.1, 0.15) is 31.7 Å². The zero-order valence-electron chi connectivity index (χ0n) is 19.6. The average Bonchev–Trinajstić information content (AvgIpc) is 2.88.